The lowest BCUT2D eigenvalue weighted by Crippen LogP contribution is -2.45. The Bertz CT molecular complexity index is 786. The number of fused-ring (bicyclic) bond motifs is 1. The van der Waals surface area contributed by atoms with Crippen LogP contribution in [0, 0.1) is 0 Å². The molecule has 0 atom stereocenters. The quantitative estimate of drug-likeness (QED) is 0.751. The molecule has 1 saturated heterocycles. The number of H-pyrrole nitrogens is 1. The molecule has 0 amide bonds. The molecule has 5 heteroatoms. The third-order valence-electron chi connectivity index (χ3n) is 4.89. The maximum absolute atomic E-state index is 9.12. The molecule has 0 radical (unpaired) electrons. The summed E-state index contributed by atoms with van der Waals surface area (Å²) in [5, 5.41) is 9.12. The number of imidazole rings is 1. The number of piperazine rings is 1. The van der Waals surface area contributed by atoms with Gasteiger partial charge in [0.05, 0.1) is 24.2 Å². The Labute approximate surface area is 147 Å². The van der Waals surface area contributed by atoms with Gasteiger partial charge in [-0.1, -0.05) is 36.4 Å². The number of hydrogen-bond donors (Lipinski definition) is 2. The highest BCUT2D eigenvalue weighted by Gasteiger charge is 2.18. The van der Waals surface area contributed by atoms with E-state index in [1.807, 2.05) is 24.3 Å². The van der Waals surface area contributed by atoms with Crippen LogP contribution in [0.2, 0.25) is 0 Å². The largest absolute Gasteiger partial charge is 0.392 e. The molecule has 0 spiro atoms. The van der Waals surface area contributed by atoms with Gasteiger partial charge >= 0.3 is 0 Å². The van der Waals surface area contributed by atoms with Crippen molar-refractivity contribution in [1.29, 1.82) is 0 Å². The summed E-state index contributed by atoms with van der Waals surface area (Å²) >= 11 is 0. The van der Waals surface area contributed by atoms with Crippen LogP contribution in [-0.2, 0) is 19.7 Å². The topological polar surface area (TPSA) is 55.4 Å². The number of aromatic amines is 1. The van der Waals surface area contributed by atoms with Gasteiger partial charge in [-0.25, -0.2) is 4.98 Å². The average molecular weight is 336 g/mol. The molecule has 1 fully saturated rings. The summed E-state index contributed by atoms with van der Waals surface area (Å²) in [7, 11) is 0. The number of aliphatic hydroxyl groups is 1. The molecule has 0 bridgehead atoms. The van der Waals surface area contributed by atoms with E-state index in [9.17, 15) is 0 Å². The first-order valence-corrected chi connectivity index (χ1v) is 8.87. The van der Waals surface area contributed by atoms with Gasteiger partial charge < -0.3 is 10.1 Å². The molecule has 2 N–H and O–H groups in total. The molecule has 3 aromatic rings. The van der Waals surface area contributed by atoms with Crippen molar-refractivity contribution in [3.05, 3.63) is 65.5 Å². The van der Waals surface area contributed by atoms with Gasteiger partial charge in [0, 0.05) is 32.7 Å². The minimum Gasteiger partial charge on any atom is -0.392 e. The number of rotatable bonds is 5. The summed E-state index contributed by atoms with van der Waals surface area (Å²) in [5.41, 5.74) is 4.44. The molecular weight excluding hydrogens is 312 g/mol. The maximum Gasteiger partial charge on any atom is 0.121 e. The van der Waals surface area contributed by atoms with E-state index in [2.05, 4.69) is 44.0 Å². The van der Waals surface area contributed by atoms with Crippen molar-refractivity contribution in [3.8, 4) is 0 Å². The maximum atomic E-state index is 9.12. The van der Waals surface area contributed by atoms with Gasteiger partial charge in [-0.15, -0.1) is 0 Å². The van der Waals surface area contributed by atoms with Crippen molar-refractivity contribution in [1.82, 2.24) is 19.8 Å². The summed E-state index contributed by atoms with van der Waals surface area (Å²) in [5.74, 6) is 1.05. The lowest BCUT2D eigenvalue weighted by molar-refractivity contribution is 0.120. The summed E-state index contributed by atoms with van der Waals surface area (Å²) in [6.45, 7) is 6.24. The van der Waals surface area contributed by atoms with E-state index >= 15 is 0 Å². The normalized spacial score (nSPS) is 16.5. The van der Waals surface area contributed by atoms with Gasteiger partial charge in [0.1, 0.15) is 5.82 Å². The Balaban J connectivity index is 1.30. The van der Waals surface area contributed by atoms with Crippen molar-refractivity contribution in [2.75, 3.05) is 26.2 Å². The van der Waals surface area contributed by atoms with Gasteiger partial charge in [-0.05, 0) is 23.3 Å². The molecule has 25 heavy (non-hydrogen) atoms. The fourth-order valence-corrected chi connectivity index (χ4v) is 3.41. The Morgan fingerprint density at radius 1 is 0.840 bits per heavy atom. The minimum absolute atomic E-state index is 0.112. The second-order valence-corrected chi connectivity index (χ2v) is 6.73. The Morgan fingerprint density at radius 3 is 2.16 bits per heavy atom. The predicted molar refractivity (Wildman–Crippen MR) is 99.0 cm³/mol. The zero-order valence-corrected chi connectivity index (χ0v) is 14.4. The molecule has 2 aromatic carbocycles. The van der Waals surface area contributed by atoms with Crippen LogP contribution in [0.4, 0.5) is 0 Å². The number of hydrogen-bond acceptors (Lipinski definition) is 4. The second-order valence-electron chi connectivity index (χ2n) is 6.73. The van der Waals surface area contributed by atoms with Crippen LogP contribution in [-0.4, -0.2) is 51.1 Å². The van der Waals surface area contributed by atoms with Crippen molar-refractivity contribution in [2.24, 2.45) is 0 Å². The van der Waals surface area contributed by atoms with Crippen LogP contribution in [0.25, 0.3) is 11.0 Å². The zero-order valence-electron chi connectivity index (χ0n) is 14.4. The van der Waals surface area contributed by atoms with Crippen LogP contribution in [0.5, 0.6) is 0 Å². The van der Waals surface area contributed by atoms with Gasteiger partial charge in [-0.3, -0.25) is 9.80 Å². The SMILES string of the molecule is OCc1ccc(CN2CCN(Cc3nc4ccccc4[nH]3)CC2)cc1. The molecule has 130 valence electrons. The molecule has 1 aliphatic rings. The van der Waals surface area contributed by atoms with Crippen molar-refractivity contribution in [3.63, 3.8) is 0 Å². The number of nitrogens with one attached hydrogen (secondary N) is 1. The lowest BCUT2D eigenvalue weighted by atomic mass is 10.1. The molecule has 0 unspecified atom stereocenters. The number of benzene rings is 2. The van der Waals surface area contributed by atoms with E-state index < -0.39 is 0 Å². The van der Waals surface area contributed by atoms with E-state index in [1.165, 1.54) is 5.56 Å². The smallest absolute Gasteiger partial charge is 0.121 e. The minimum atomic E-state index is 0.112. The standard InChI is InChI=1S/C20H24N4O/c25-15-17-7-5-16(6-8-17)13-23-9-11-24(12-10-23)14-20-21-18-3-1-2-4-19(18)22-20/h1-8,25H,9-15H2,(H,21,22). The molecule has 4 rings (SSSR count). The van der Waals surface area contributed by atoms with E-state index in [0.29, 0.717) is 0 Å². The fraction of sp³-hybridized carbons (Fsp3) is 0.350. The van der Waals surface area contributed by atoms with Crippen molar-refractivity contribution in [2.45, 2.75) is 19.7 Å². The van der Waals surface area contributed by atoms with Crippen LogP contribution < -0.4 is 0 Å². The predicted octanol–water partition coefficient (Wildman–Crippen LogP) is 2.37. The molecule has 0 aliphatic carbocycles. The Hall–Kier alpha value is -2.21. The number of nitrogens with zero attached hydrogens (tertiary/aromatic N) is 3. The monoisotopic (exact) mass is 336 g/mol. The average Bonchev–Trinajstić information content (AvgIpc) is 3.06. The first kappa shape index (κ1) is 16.3. The first-order chi connectivity index (χ1) is 12.3. The van der Waals surface area contributed by atoms with Crippen LogP contribution in [0.15, 0.2) is 48.5 Å². The van der Waals surface area contributed by atoms with E-state index in [0.717, 1.165) is 61.7 Å². The number of para-hydroxylation sites is 2. The Morgan fingerprint density at radius 2 is 1.48 bits per heavy atom. The third kappa shape index (κ3) is 3.90. The van der Waals surface area contributed by atoms with Gasteiger partial charge in [0.25, 0.3) is 0 Å². The lowest BCUT2D eigenvalue weighted by Gasteiger charge is -2.34. The van der Waals surface area contributed by atoms with Crippen LogP contribution in [0.1, 0.15) is 17.0 Å². The number of aromatic nitrogens is 2. The highest BCUT2D eigenvalue weighted by Crippen LogP contribution is 2.14. The summed E-state index contributed by atoms with van der Waals surface area (Å²) < 4.78 is 0. The van der Waals surface area contributed by atoms with Crippen LogP contribution >= 0.6 is 0 Å². The van der Waals surface area contributed by atoms with Gasteiger partial charge in [-0.2, -0.15) is 0 Å². The molecule has 1 aliphatic heterocycles. The summed E-state index contributed by atoms with van der Waals surface area (Å²) in [6.07, 6.45) is 0. The summed E-state index contributed by atoms with van der Waals surface area (Å²) in [6, 6.07) is 16.4. The second kappa shape index (κ2) is 7.35. The molecule has 0 saturated carbocycles. The van der Waals surface area contributed by atoms with E-state index in [-0.39, 0.29) is 6.61 Å². The molecule has 1 aromatic heterocycles. The van der Waals surface area contributed by atoms with E-state index in [4.69, 9.17) is 5.11 Å². The van der Waals surface area contributed by atoms with Gasteiger partial charge in [0.2, 0.25) is 0 Å². The Kier molecular flexibility index (Phi) is 4.78. The molecule has 2 heterocycles. The number of aliphatic hydroxyl groups excluding tert-OH is 1. The molecule has 5 nitrogen and oxygen atoms in total. The first-order valence-electron chi connectivity index (χ1n) is 8.87. The van der Waals surface area contributed by atoms with E-state index in [1.54, 1.807) is 0 Å². The highest BCUT2D eigenvalue weighted by molar-refractivity contribution is 5.74. The fourth-order valence-electron chi connectivity index (χ4n) is 3.41. The van der Waals surface area contributed by atoms with Gasteiger partial charge in [0.15, 0.2) is 0 Å². The zero-order chi connectivity index (χ0) is 17.1. The third-order valence-corrected chi connectivity index (χ3v) is 4.89. The molecular formula is C20H24N4O. The summed E-state index contributed by atoms with van der Waals surface area (Å²) in [4.78, 5) is 13.0. The van der Waals surface area contributed by atoms with Crippen LogP contribution in [0.3, 0.4) is 0 Å². The van der Waals surface area contributed by atoms with Crippen molar-refractivity contribution >= 4 is 11.0 Å². The highest BCUT2D eigenvalue weighted by atomic mass is 16.3. The van der Waals surface area contributed by atoms with Crippen molar-refractivity contribution < 1.29 is 5.11 Å².